The van der Waals surface area contributed by atoms with Crippen molar-refractivity contribution in [3.8, 4) is 0 Å². The molecule has 4 heterocycles. The SMILES string of the molecule is CC12COC(CCCOC3COC(c4ccccc4)OC3)(OC1)OC2. The topological polar surface area (TPSA) is 55.4 Å². The van der Waals surface area contributed by atoms with E-state index in [1.807, 2.05) is 30.3 Å². The van der Waals surface area contributed by atoms with E-state index < -0.39 is 5.97 Å². The minimum Gasteiger partial charge on any atom is -0.373 e. The summed E-state index contributed by atoms with van der Waals surface area (Å²) >= 11 is 0. The molecule has 0 spiro atoms. The molecule has 1 aromatic carbocycles. The summed E-state index contributed by atoms with van der Waals surface area (Å²) < 4.78 is 34.7. The average Bonchev–Trinajstić information content (AvgIpc) is 2.68. The van der Waals surface area contributed by atoms with Crippen LogP contribution in [0.3, 0.4) is 0 Å². The predicted molar refractivity (Wildman–Crippen MR) is 88.8 cm³/mol. The summed E-state index contributed by atoms with van der Waals surface area (Å²) in [4.78, 5) is 0. The number of hydrogen-bond donors (Lipinski definition) is 0. The van der Waals surface area contributed by atoms with Gasteiger partial charge in [-0.05, 0) is 6.42 Å². The van der Waals surface area contributed by atoms with E-state index in [0.717, 1.165) is 12.0 Å². The van der Waals surface area contributed by atoms with Crippen molar-refractivity contribution in [2.24, 2.45) is 5.41 Å². The second-order valence-corrected chi connectivity index (χ2v) is 7.37. The zero-order valence-electron chi connectivity index (χ0n) is 14.6. The minimum atomic E-state index is -0.862. The Balaban J connectivity index is 1.15. The van der Waals surface area contributed by atoms with Crippen molar-refractivity contribution >= 4 is 0 Å². The highest BCUT2D eigenvalue weighted by Gasteiger charge is 2.49. The van der Waals surface area contributed by atoms with Gasteiger partial charge in [0.25, 0.3) is 5.97 Å². The van der Waals surface area contributed by atoms with Crippen molar-refractivity contribution < 1.29 is 28.4 Å². The Labute approximate surface area is 148 Å². The molecule has 4 aliphatic heterocycles. The molecular weight excluding hydrogens is 324 g/mol. The molecule has 0 aromatic heterocycles. The molecule has 5 rings (SSSR count). The molecular formula is C19H26O6. The highest BCUT2D eigenvalue weighted by molar-refractivity contribution is 5.16. The monoisotopic (exact) mass is 350 g/mol. The van der Waals surface area contributed by atoms with Crippen LogP contribution in [0.25, 0.3) is 0 Å². The molecule has 25 heavy (non-hydrogen) atoms. The van der Waals surface area contributed by atoms with Gasteiger partial charge in [0.2, 0.25) is 0 Å². The molecule has 0 unspecified atom stereocenters. The van der Waals surface area contributed by atoms with E-state index in [4.69, 9.17) is 28.4 Å². The molecule has 0 N–H and O–H groups in total. The van der Waals surface area contributed by atoms with Gasteiger partial charge in [0.05, 0.1) is 33.0 Å². The van der Waals surface area contributed by atoms with Crippen LogP contribution < -0.4 is 0 Å². The molecule has 1 aromatic rings. The number of hydrogen-bond acceptors (Lipinski definition) is 6. The fraction of sp³-hybridized carbons (Fsp3) is 0.684. The summed E-state index contributed by atoms with van der Waals surface area (Å²) in [5.41, 5.74) is 1.04. The number of benzene rings is 1. The average molecular weight is 350 g/mol. The van der Waals surface area contributed by atoms with E-state index in [-0.39, 0.29) is 17.8 Å². The van der Waals surface area contributed by atoms with Crippen LogP contribution >= 0.6 is 0 Å². The van der Waals surface area contributed by atoms with E-state index in [9.17, 15) is 0 Å². The molecule has 138 valence electrons. The van der Waals surface area contributed by atoms with Crippen molar-refractivity contribution in [3.63, 3.8) is 0 Å². The van der Waals surface area contributed by atoms with Crippen LogP contribution in [0.2, 0.25) is 0 Å². The molecule has 4 aliphatic rings. The lowest BCUT2D eigenvalue weighted by molar-refractivity contribution is -0.467. The Kier molecular flexibility index (Phi) is 5.08. The molecule has 2 bridgehead atoms. The number of rotatable bonds is 6. The second-order valence-electron chi connectivity index (χ2n) is 7.37. The third-order valence-electron chi connectivity index (χ3n) is 4.84. The minimum absolute atomic E-state index is 0.00428. The standard InChI is InChI=1S/C19H26O6/c1-18-12-23-19(24-13-18,25-14-18)8-5-9-20-16-10-21-17(22-11-16)15-6-3-2-4-7-15/h2-4,6-7,16-17H,5,8-14H2,1H3. The fourth-order valence-corrected chi connectivity index (χ4v) is 3.24. The van der Waals surface area contributed by atoms with Gasteiger partial charge in [-0.1, -0.05) is 37.3 Å². The largest absolute Gasteiger partial charge is 0.373 e. The van der Waals surface area contributed by atoms with Gasteiger partial charge in [-0.2, -0.15) is 0 Å². The molecule has 6 nitrogen and oxygen atoms in total. The van der Waals surface area contributed by atoms with Gasteiger partial charge in [-0.15, -0.1) is 0 Å². The molecule has 0 amide bonds. The Hall–Kier alpha value is -1.02. The molecule has 0 aliphatic carbocycles. The Morgan fingerprint density at radius 1 is 1.00 bits per heavy atom. The first-order valence-electron chi connectivity index (χ1n) is 8.98. The molecule has 0 atom stereocenters. The smallest absolute Gasteiger partial charge is 0.283 e. The zero-order chi connectivity index (χ0) is 17.2. The van der Waals surface area contributed by atoms with Crippen molar-refractivity contribution in [2.45, 2.75) is 38.1 Å². The van der Waals surface area contributed by atoms with Crippen LogP contribution in [0.1, 0.15) is 31.6 Å². The van der Waals surface area contributed by atoms with Gasteiger partial charge >= 0.3 is 0 Å². The molecule has 0 radical (unpaired) electrons. The first-order valence-corrected chi connectivity index (χ1v) is 8.98. The first-order chi connectivity index (χ1) is 12.2. The second kappa shape index (κ2) is 7.31. The molecule has 4 saturated heterocycles. The zero-order valence-corrected chi connectivity index (χ0v) is 14.6. The van der Waals surface area contributed by atoms with Crippen LogP contribution in [0, 0.1) is 5.41 Å². The fourth-order valence-electron chi connectivity index (χ4n) is 3.24. The van der Waals surface area contributed by atoms with E-state index >= 15 is 0 Å². The van der Waals surface area contributed by atoms with Gasteiger partial charge in [0, 0.05) is 24.0 Å². The summed E-state index contributed by atoms with van der Waals surface area (Å²) in [6.07, 6.45) is 1.13. The van der Waals surface area contributed by atoms with Crippen molar-refractivity contribution in [3.05, 3.63) is 35.9 Å². The summed E-state index contributed by atoms with van der Waals surface area (Å²) in [5, 5.41) is 0. The summed E-state index contributed by atoms with van der Waals surface area (Å²) in [6, 6.07) is 9.95. The van der Waals surface area contributed by atoms with Gasteiger partial charge in [0.15, 0.2) is 6.29 Å². The summed E-state index contributed by atoms with van der Waals surface area (Å²) in [7, 11) is 0. The Morgan fingerprint density at radius 2 is 1.64 bits per heavy atom. The van der Waals surface area contributed by atoms with E-state index in [2.05, 4.69) is 6.92 Å². The van der Waals surface area contributed by atoms with Crippen LogP contribution in [-0.2, 0) is 28.4 Å². The van der Waals surface area contributed by atoms with E-state index in [1.54, 1.807) is 0 Å². The van der Waals surface area contributed by atoms with Gasteiger partial charge < -0.3 is 28.4 Å². The van der Waals surface area contributed by atoms with E-state index in [1.165, 1.54) is 0 Å². The molecule has 4 fully saturated rings. The number of ether oxygens (including phenoxy) is 6. The van der Waals surface area contributed by atoms with Crippen molar-refractivity contribution in [1.82, 2.24) is 0 Å². The van der Waals surface area contributed by atoms with Crippen molar-refractivity contribution in [1.29, 1.82) is 0 Å². The third kappa shape index (κ3) is 4.05. The van der Waals surface area contributed by atoms with Crippen molar-refractivity contribution in [2.75, 3.05) is 39.6 Å². The van der Waals surface area contributed by atoms with Crippen LogP contribution in [0.5, 0.6) is 0 Å². The highest BCUT2D eigenvalue weighted by Crippen LogP contribution is 2.40. The Bertz CT molecular complexity index is 530. The maximum absolute atomic E-state index is 5.86. The quantitative estimate of drug-likeness (QED) is 0.735. The summed E-state index contributed by atoms with van der Waals surface area (Å²) in [6.45, 7) is 5.86. The molecule has 0 saturated carbocycles. The first kappa shape index (κ1) is 17.4. The third-order valence-corrected chi connectivity index (χ3v) is 4.84. The van der Waals surface area contributed by atoms with Gasteiger partial charge in [-0.3, -0.25) is 0 Å². The van der Waals surface area contributed by atoms with Gasteiger partial charge in [-0.25, -0.2) is 0 Å². The van der Waals surface area contributed by atoms with E-state index in [0.29, 0.717) is 46.1 Å². The van der Waals surface area contributed by atoms with Crippen LogP contribution in [0.15, 0.2) is 30.3 Å². The number of fused-ring (bicyclic) bond motifs is 3. The van der Waals surface area contributed by atoms with Gasteiger partial charge in [0.1, 0.15) is 6.10 Å². The Morgan fingerprint density at radius 3 is 2.28 bits per heavy atom. The lowest BCUT2D eigenvalue weighted by Gasteiger charge is -2.50. The maximum atomic E-state index is 5.86. The normalized spacial score (nSPS) is 38.0. The predicted octanol–water partition coefficient (Wildman–Crippen LogP) is 2.63. The lowest BCUT2D eigenvalue weighted by Crippen LogP contribution is -2.58. The van der Waals surface area contributed by atoms with Crippen LogP contribution in [-0.4, -0.2) is 51.7 Å². The highest BCUT2D eigenvalue weighted by atomic mass is 16.9. The van der Waals surface area contributed by atoms with Crippen LogP contribution in [0.4, 0.5) is 0 Å². The summed E-state index contributed by atoms with van der Waals surface area (Å²) in [5.74, 6) is -0.862. The maximum Gasteiger partial charge on any atom is 0.283 e. The molecule has 6 heteroatoms. The lowest BCUT2D eigenvalue weighted by atomic mass is 9.91.